The summed E-state index contributed by atoms with van der Waals surface area (Å²) in [6.45, 7) is 0. The molecule has 104 valence electrons. The van der Waals surface area contributed by atoms with Crippen LogP contribution in [0.5, 0.6) is 0 Å². The van der Waals surface area contributed by atoms with Gasteiger partial charge in [0.1, 0.15) is 5.84 Å². The topological polar surface area (TPSA) is 80.0 Å². The number of aliphatic imine (C=N–C) groups is 1. The normalized spacial score (nSPS) is 11.6. The van der Waals surface area contributed by atoms with Crippen LogP contribution in [0.1, 0.15) is 5.56 Å². The number of aromatic amines is 1. The molecule has 5 nitrogen and oxygen atoms in total. The van der Waals surface area contributed by atoms with Crippen LogP contribution >= 0.6 is 11.6 Å². The largest absolute Gasteiger partial charge is 0.383 e. The molecule has 6 heteroatoms. The van der Waals surface area contributed by atoms with Crippen LogP contribution in [-0.4, -0.2) is 21.0 Å². The first kappa shape index (κ1) is 13.3. The highest BCUT2D eigenvalue weighted by Crippen LogP contribution is 2.19. The van der Waals surface area contributed by atoms with Crippen LogP contribution in [0.2, 0.25) is 5.28 Å². The minimum Gasteiger partial charge on any atom is -0.383 e. The van der Waals surface area contributed by atoms with E-state index in [-0.39, 0.29) is 11.2 Å². The number of nitrogens with two attached hydrogens (primary N) is 1. The van der Waals surface area contributed by atoms with Crippen molar-refractivity contribution in [2.24, 2.45) is 10.7 Å². The number of amidine groups is 1. The summed E-state index contributed by atoms with van der Waals surface area (Å²) in [5.74, 6) is 0.551. The lowest BCUT2D eigenvalue weighted by Gasteiger charge is -2.03. The minimum atomic E-state index is 0.181. The van der Waals surface area contributed by atoms with E-state index in [1.165, 1.54) is 0 Å². The number of aromatic nitrogens is 3. The molecule has 21 heavy (non-hydrogen) atoms. The predicted octanol–water partition coefficient (Wildman–Crippen LogP) is 3.16. The van der Waals surface area contributed by atoms with Gasteiger partial charge in [-0.1, -0.05) is 54.6 Å². The fraction of sp³-hybridized carbons (Fsp3) is 0. The standard InChI is InChI=1S/C15H12ClN5/c16-14-19-15(21-20-14)18-13(17)12-8-6-11(7-9-12)10-4-2-1-3-5-10/h1-9H,(H3,17,18,19,20,21). The van der Waals surface area contributed by atoms with Gasteiger partial charge in [0, 0.05) is 5.56 Å². The molecule has 0 unspecified atom stereocenters. The molecule has 3 N–H and O–H groups in total. The van der Waals surface area contributed by atoms with Gasteiger partial charge in [-0.25, -0.2) is 5.10 Å². The third-order valence-electron chi connectivity index (χ3n) is 2.95. The third kappa shape index (κ3) is 3.09. The lowest BCUT2D eigenvalue weighted by Crippen LogP contribution is -2.12. The van der Waals surface area contributed by atoms with E-state index in [1.807, 2.05) is 42.5 Å². The summed E-state index contributed by atoms with van der Waals surface area (Å²) in [6, 6.07) is 17.9. The van der Waals surface area contributed by atoms with Gasteiger partial charge >= 0.3 is 0 Å². The van der Waals surface area contributed by atoms with Gasteiger partial charge in [0.25, 0.3) is 5.95 Å². The molecule has 0 aliphatic heterocycles. The summed E-state index contributed by atoms with van der Waals surface area (Å²) in [7, 11) is 0. The first-order chi connectivity index (χ1) is 10.2. The summed E-state index contributed by atoms with van der Waals surface area (Å²) < 4.78 is 0. The molecule has 0 atom stereocenters. The second kappa shape index (κ2) is 5.76. The zero-order valence-corrected chi connectivity index (χ0v) is 11.7. The second-order valence-corrected chi connectivity index (χ2v) is 4.72. The highest BCUT2D eigenvalue weighted by molar-refractivity contribution is 6.28. The molecule has 0 amide bonds. The van der Waals surface area contributed by atoms with E-state index >= 15 is 0 Å². The highest BCUT2D eigenvalue weighted by Gasteiger charge is 2.03. The van der Waals surface area contributed by atoms with Crippen molar-refractivity contribution in [2.75, 3.05) is 0 Å². The van der Waals surface area contributed by atoms with Crippen LogP contribution in [0.3, 0.4) is 0 Å². The average molecular weight is 298 g/mol. The lowest BCUT2D eigenvalue weighted by atomic mass is 10.0. The third-order valence-corrected chi connectivity index (χ3v) is 3.12. The summed E-state index contributed by atoms with van der Waals surface area (Å²) in [4.78, 5) is 7.98. The van der Waals surface area contributed by atoms with Gasteiger partial charge in [0.2, 0.25) is 5.28 Å². The first-order valence-corrected chi connectivity index (χ1v) is 6.68. The molecule has 3 aromatic rings. The summed E-state index contributed by atoms with van der Waals surface area (Å²) in [5.41, 5.74) is 9.01. The monoisotopic (exact) mass is 297 g/mol. The molecular weight excluding hydrogens is 286 g/mol. The molecule has 1 aromatic heterocycles. The van der Waals surface area contributed by atoms with Gasteiger partial charge in [-0.15, -0.1) is 5.10 Å². The number of hydrogen-bond donors (Lipinski definition) is 2. The molecular formula is C15H12ClN5. The molecule has 0 aliphatic carbocycles. The molecule has 1 heterocycles. The highest BCUT2D eigenvalue weighted by atomic mass is 35.5. The molecule has 0 bridgehead atoms. The molecule has 3 rings (SSSR count). The molecule has 0 saturated carbocycles. The fourth-order valence-corrected chi connectivity index (χ4v) is 2.04. The Hall–Kier alpha value is -2.66. The Balaban J connectivity index is 1.85. The van der Waals surface area contributed by atoms with E-state index in [4.69, 9.17) is 17.3 Å². The van der Waals surface area contributed by atoms with Crippen molar-refractivity contribution >= 4 is 23.4 Å². The van der Waals surface area contributed by atoms with Crippen molar-refractivity contribution < 1.29 is 0 Å². The Morgan fingerprint density at radius 3 is 2.29 bits per heavy atom. The van der Waals surface area contributed by atoms with Crippen molar-refractivity contribution in [3.8, 4) is 11.1 Å². The van der Waals surface area contributed by atoms with Crippen molar-refractivity contribution in [1.82, 2.24) is 15.2 Å². The van der Waals surface area contributed by atoms with Gasteiger partial charge in [-0.05, 0) is 22.7 Å². The molecule has 0 spiro atoms. The molecule has 2 aromatic carbocycles. The van der Waals surface area contributed by atoms with Crippen LogP contribution in [0.4, 0.5) is 5.95 Å². The van der Waals surface area contributed by atoms with Gasteiger partial charge in [0.05, 0.1) is 0 Å². The maximum Gasteiger partial charge on any atom is 0.271 e. The van der Waals surface area contributed by atoms with Crippen molar-refractivity contribution in [1.29, 1.82) is 0 Å². The van der Waals surface area contributed by atoms with Crippen LogP contribution in [0, 0.1) is 0 Å². The Labute approximate surface area is 126 Å². The van der Waals surface area contributed by atoms with Crippen molar-refractivity contribution in [3.63, 3.8) is 0 Å². The number of hydrogen-bond acceptors (Lipinski definition) is 3. The van der Waals surface area contributed by atoms with Gasteiger partial charge in [-0.2, -0.15) is 9.98 Å². The zero-order valence-electron chi connectivity index (χ0n) is 11.0. The van der Waals surface area contributed by atoms with Crippen LogP contribution in [0.25, 0.3) is 11.1 Å². The maximum absolute atomic E-state index is 5.94. The smallest absolute Gasteiger partial charge is 0.271 e. The number of halogens is 1. The fourth-order valence-electron chi connectivity index (χ4n) is 1.92. The van der Waals surface area contributed by atoms with Crippen molar-refractivity contribution in [2.45, 2.75) is 0 Å². The number of benzene rings is 2. The van der Waals surface area contributed by atoms with Crippen molar-refractivity contribution in [3.05, 3.63) is 65.4 Å². The van der Waals surface area contributed by atoms with E-state index in [2.05, 4.69) is 32.3 Å². The molecule has 0 aliphatic rings. The number of nitrogens with one attached hydrogen (secondary N) is 1. The molecule has 0 saturated heterocycles. The average Bonchev–Trinajstić information content (AvgIpc) is 2.93. The Morgan fingerprint density at radius 2 is 1.67 bits per heavy atom. The van der Waals surface area contributed by atoms with E-state index < -0.39 is 0 Å². The lowest BCUT2D eigenvalue weighted by molar-refractivity contribution is 1.08. The van der Waals surface area contributed by atoms with E-state index in [0.717, 1.165) is 16.7 Å². The number of nitrogens with zero attached hydrogens (tertiary/aromatic N) is 3. The van der Waals surface area contributed by atoms with E-state index in [9.17, 15) is 0 Å². The molecule has 0 radical (unpaired) electrons. The maximum atomic E-state index is 5.94. The Morgan fingerprint density at radius 1 is 1.00 bits per heavy atom. The summed E-state index contributed by atoms with van der Waals surface area (Å²) >= 11 is 5.64. The van der Waals surface area contributed by atoms with Crippen LogP contribution in [-0.2, 0) is 0 Å². The van der Waals surface area contributed by atoms with E-state index in [1.54, 1.807) is 0 Å². The predicted molar refractivity (Wildman–Crippen MR) is 83.7 cm³/mol. The summed E-state index contributed by atoms with van der Waals surface area (Å²) in [6.07, 6.45) is 0. The van der Waals surface area contributed by atoms with Crippen LogP contribution in [0.15, 0.2) is 59.6 Å². The zero-order chi connectivity index (χ0) is 14.7. The van der Waals surface area contributed by atoms with Gasteiger partial charge < -0.3 is 5.73 Å². The summed E-state index contributed by atoms with van der Waals surface area (Å²) in [5, 5.41) is 6.49. The van der Waals surface area contributed by atoms with Gasteiger partial charge in [-0.3, -0.25) is 0 Å². The SMILES string of the molecule is NC(=Nc1n[nH]c(Cl)n1)c1ccc(-c2ccccc2)cc1. The van der Waals surface area contributed by atoms with Gasteiger partial charge in [0.15, 0.2) is 0 Å². The quantitative estimate of drug-likeness (QED) is 0.575. The number of H-pyrrole nitrogens is 1. The van der Waals surface area contributed by atoms with Crippen LogP contribution < -0.4 is 5.73 Å². The van der Waals surface area contributed by atoms with E-state index in [0.29, 0.717) is 5.84 Å². The first-order valence-electron chi connectivity index (χ1n) is 6.30. The molecule has 0 fully saturated rings. The Bertz CT molecular complexity index is 762. The number of rotatable bonds is 3. The second-order valence-electron chi connectivity index (χ2n) is 4.37. The Kier molecular flexibility index (Phi) is 3.66. The minimum absolute atomic E-state index is 0.181.